The fraction of sp³-hybridized carbons (Fsp3) is 0.615. The maximum absolute atomic E-state index is 11.9. The highest BCUT2D eigenvalue weighted by molar-refractivity contribution is 6.32. The molecule has 124 valence electrons. The lowest BCUT2D eigenvalue weighted by molar-refractivity contribution is -0.808. The van der Waals surface area contributed by atoms with Gasteiger partial charge in [0.05, 0.1) is 10.6 Å². The molecule has 0 saturated carbocycles. The first-order chi connectivity index (χ1) is 10.9. The monoisotopic (exact) mass is 323 g/mol. The van der Waals surface area contributed by atoms with Gasteiger partial charge in [0.1, 0.15) is 31.6 Å². The molecule has 1 aromatic heterocycles. The number of morpholine rings is 1. The van der Waals surface area contributed by atoms with Crippen molar-refractivity contribution >= 4 is 24.0 Å². The fourth-order valence-corrected chi connectivity index (χ4v) is 3.05. The fourth-order valence-electron chi connectivity index (χ4n) is 3.05. The zero-order valence-electron chi connectivity index (χ0n) is 12.8. The zero-order valence-corrected chi connectivity index (χ0v) is 12.8. The molecule has 0 amide bonds. The Labute approximate surface area is 131 Å². The number of hydrogen-bond donors (Lipinski definition) is 0. The van der Waals surface area contributed by atoms with Gasteiger partial charge in [-0.1, -0.05) is 0 Å². The second-order valence-electron chi connectivity index (χ2n) is 6.11. The van der Waals surface area contributed by atoms with E-state index in [0.29, 0.717) is 26.3 Å². The van der Waals surface area contributed by atoms with Gasteiger partial charge in [-0.05, 0) is 18.8 Å². The molecule has 2 aliphatic rings. The maximum atomic E-state index is 11.9. The first-order valence-corrected chi connectivity index (χ1v) is 7.23. The summed E-state index contributed by atoms with van der Waals surface area (Å²) in [5.41, 5.74) is -0.799. The van der Waals surface area contributed by atoms with E-state index >= 15 is 0 Å². The Morgan fingerprint density at radius 1 is 1.35 bits per heavy atom. The summed E-state index contributed by atoms with van der Waals surface area (Å²) in [5.74, 6) is -0.726. The van der Waals surface area contributed by atoms with E-state index in [1.807, 2.05) is 20.1 Å². The second-order valence-corrected chi connectivity index (χ2v) is 6.11. The van der Waals surface area contributed by atoms with Gasteiger partial charge in [-0.25, -0.2) is 9.57 Å². The van der Waals surface area contributed by atoms with Crippen molar-refractivity contribution in [3.63, 3.8) is 0 Å². The van der Waals surface area contributed by atoms with E-state index in [1.54, 1.807) is 0 Å². The predicted molar refractivity (Wildman–Crippen MR) is 79.0 cm³/mol. The van der Waals surface area contributed by atoms with Gasteiger partial charge in [0.15, 0.2) is 13.1 Å². The quantitative estimate of drug-likeness (QED) is 0.417. The summed E-state index contributed by atoms with van der Waals surface area (Å²) < 4.78 is 11.9. The van der Waals surface area contributed by atoms with Crippen LogP contribution in [0, 0.1) is 21.0 Å². The Bertz CT molecular complexity index is 694. The van der Waals surface area contributed by atoms with Gasteiger partial charge in [-0.2, -0.15) is 4.90 Å². The molecule has 1 aromatic rings. The first kappa shape index (κ1) is 15.4. The Balaban J connectivity index is 2.08. The molecule has 0 bridgehead atoms. The van der Waals surface area contributed by atoms with E-state index in [1.165, 1.54) is 0 Å². The van der Waals surface area contributed by atoms with Crippen LogP contribution in [0.3, 0.4) is 0 Å². The average Bonchev–Trinajstić information content (AvgIpc) is 2.88. The zero-order chi connectivity index (χ0) is 16.6. The maximum Gasteiger partial charge on any atom is 0.337 e. The minimum atomic E-state index is -0.809. The third-order valence-electron chi connectivity index (χ3n) is 4.03. The van der Waals surface area contributed by atoms with Crippen molar-refractivity contribution in [2.45, 2.75) is 19.8 Å². The summed E-state index contributed by atoms with van der Waals surface area (Å²) in [6.07, 6.45) is 3.06. The molecule has 0 aromatic carbocycles. The third-order valence-corrected chi connectivity index (χ3v) is 4.03. The van der Waals surface area contributed by atoms with Crippen molar-refractivity contribution in [2.24, 2.45) is 10.4 Å². The Morgan fingerprint density at radius 3 is 2.70 bits per heavy atom. The first-order valence-electron chi connectivity index (χ1n) is 7.23. The van der Waals surface area contributed by atoms with Crippen LogP contribution in [0.4, 0.5) is 5.82 Å². The molecular weight excluding hydrogens is 306 g/mol. The summed E-state index contributed by atoms with van der Waals surface area (Å²) >= 11 is 0. The van der Waals surface area contributed by atoms with Crippen LogP contribution < -0.4 is 4.90 Å². The number of aromatic nitrogens is 2. The molecule has 1 atom stereocenters. The van der Waals surface area contributed by atoms with Crippen molar-refractivity contribution in [2.75, 3.05) is 26.3 Å². The van der Waals surface area contributed by atoms with E-state index in [0.717, 1.165) is 6.21 Å². The van der Waals surface area contributed by atoms with Crippen molar-refractivity contribution in [3.8, 4) is 0 Å². The summed E-state index contributed by atoms with van der Waals surface area (Å²) in [4.78, 5) is 3.54. The highest BCUT2D eigenvalue weighted by Crippen LogP contribution is 2.39. The van der Waals surface area contributed by atoms with Crippen LogP contribution in [-0.4, -0.2) is 59.1 Å². The largest absolute Gasteiger partial charge is 0.612 e. The Morgan fingerprint density at radius 2 is 2.04 bits per heavy atom. The summed E-state index contributed by atoms with van der Waals surface area (Å²) in [6.45, 7) is 6.28. The lowest BCUT2D eigenvalue weighted by Crippen LogP contribution is -2.45. The van der Waals surface area contributed by atoms with Crippen LogP contribution in [-0.2, 0) is 4.74 Å². The lowest BCUT2D eigenvalue weighted by atomic mass is 9.74. The van der Waals surface area contributed by atoms with Crippen LogP contribution in [0.15, 0.2) is 9.62 Å². The topological polar surface area (TPSA) is 127 Å². The molecular formula is C13H17N5O5. The van der Waals surface area contributed by atoms with Crippen molar-refractivity contribution in [1.82, 2.24) is 5.16 Å². The van der Waals surface area contributed by atoms with Gasteiger partial charge in [0, 0.05) is 0 Å². The van der Waals surface area contributed by atoms with Gasteiger partial charge >= 0.3 is 5.82 Å². The van der Waals surface area contributed by atoms with Gasteiger partial charge in [-0.3, -0.25) is 4.63 Å². The van der Waals surface area contributed by atoms with E-state index in [2.05, 4.69) is 19.4 Å². The molecule has 10 nitrogen and oxygen atoms in total. The van der Waals surface area contributed by atoms with Crippen molar-refractivity contribution in [3.05, 3.63) is 21.3 Å². The molecule has 3 rings (SSSR count). The average molecular weight is 323 g/mol. The van der Waals surface area contributed by atoms with Gasteiger partial charge in [0.25, 0.3) is 0 Å². The van der Waals surface area contributed by atoms with E-state index in [9.17, 15) is 15.6 Å². The second kappa shape index (κ2) is 5.61. The van der Waals surface area contributed by atoms with Crippen LogP contribution >= 0.6 is 0 Å². The van der Waals surface area contributed by atoms with Crippen molar-refractivity contribution < 1.29 is 23.7 Å². The minimum absolute atomic E-state index is 0.0636. The number of aliphatic imine (C=N–C) groups is 1. The van der Waals surface area contributed by atoms with E-state index < -0.39 is 16.2 Å². The van der Waals surface area contributed by atoms with Crippen LogP contribution in [0.2, 0.25) is 0 Å². The molecule has 1 saturated heterocycles. The molecule has 3 heterocycles. The SMILES string of the molecule is CC(C)(C=[N+]1CCOCC1)C1C(=[N+]([O-])[O-])C=Nc2no[n+]([O-])c21. The third kappa shape index (κ3) is 2.77. The molecule has 1 unspecified atom stereocenters. The Hall–Kier alpha value is -2.49. The molecule has 23 heavy (non-hydrogen) atoms. The normalized spacial score (nSPS) is 21.2. The summed E-state index contributed by atoms with van der Waals surface area (Å²) in [7, 11) is 0. The van der Waals surface area contributed by atoms with Crippen molar-refractivity contribution in [1.29, 1.82) is 0 Å². The van der Waals surface area contributed by atoms with Gasteiger partial charge in [-0.15, -0.1) is 0 Å². The van der Waals surface area contributed by atoms with Gasteiger partial charge in [0.2, 0.25) is 11.4 Å². The molecule has 0 N–H and O–H groups in total. The minimum Gasteiger partial charge on any atom is -0.612 e. The van der Waals surface area contributed by atoms with Crippen LogP contribution in [0.1, 0.15) is 25.5 Å². The Kier molecular flexibility index (Phi) is 3.76. The number of hydrogen-bond acceptors (Lipinski definition) is 7. The summed E-state index contributed by atoms with van der Waals surface area (Å²) in [5, 5.41) is 38.3. The molecule has 2 aliphatic heterocycles. The number of rotatable bonds is 2. The van der Waals surface area contributed by atoms with E-state index in [4.69, 9.17) is 4.74 Å². The van der Waals surface area contributed by atoms with Crippen LogP contribution in [0.5, 0.6) is 0 Å². The molecule has 10 heteroatoms. The van der Waals surface area contributed by atoms with Gasteiger partial charge < -0.3 is 20.4 Å². The molecule has 0 spiro atoms. The number of ether oxygens (including phenoxy) is 1. The van der Waals surface area contributed by atoms with Crippen LogP contribution in [0.25, 0.3) is 0 Å². The number of nitrogens with zero attached hydrogens (tertiary/aromatic N) is 5. The number of fused-ring (bicyclic) bond motifs is 1. The highest BCUT2D eigenvalue weighted by atomic mass is 16.8. The predicted octanol–water partition coefficient (Wildman–Crippen LogP) is -0.304. The molecule has 0 radical (unpaired) electrons. The molecule has 0 aliphatic carbocycles. The smallest absolute Gasteiger partial charge is 0.337 e. The molecule has 1 fully saturated rings. The lowest BCUT2D eigenvalue weighted by Gasteiger charge is -2.28. The van der Waals surface area contributed by atoms with E-state index in [-0.39, 0.29) is 22.1 Å². The highest BCUT2D eigenvalue weighted by Gasteiger charge is 2.49. The summed E-state index contributed by atoms with van der Waals surface area (Å²) in [6, 6.07) is 0. The standard InChI is InChI=1S/C13H17N5O5/c1-13(2,8-16-3-5-22-6-4-16)10-9(17(19)20)7-14-12-11(10)18(21)23-15-12/h7-8,10H,3-6H2,1-2H3.